The number of nitrogens with zero attached hydrogens (tertiary/aromatic N) is 2. The van der Waals surface area contributed by atoms with Crippen molar-refractivity contribution in [3.63, 3.8) is 0 Å². The smallest absolute Gasteiger partial charge is 0.268 e. The lowest BCUT2D eigenvalue weighted by Crippen LogP contribution is -2.31. The molecule has 0 bridgehead atoms. The zero-order chi connectivity index (χ0) is 23.1. The van der Waals surface area contributed by atoms with Crippen molar-refractivity contribution >= 4 is 38.2 Å². The van der Waals surface area contributed by atoms with Crippen molar-refractivity contribution in [3.8, 4) is 10.9 Å². The first-order chi connectivity index (χ1) is 15.1. The molecule has 1 amide bonds. The number of hydrogen-bond acceptors (Lipinski definition) is 6. The highest BCUT2D eigenvalue weighted by molar-refractivity contribution is 7.90. The van der Waals surface area contributed by atoms with Gasteiger partial charge >= 0.3 is 0 Å². The van der Waals surface area contributed by atoms with Gasteiger partial charge in [0.25, 0.3) is 15.9 Å². The lowest BCUT2D eigenvalue weighted by molar-refractivity contribution is 0.0981. The Balaban J connectivity index is 1.66. The Morgan fingerprint density at radius 2 is 1.91 bits per heavy atom. The van der Waals surface area contributed by atoms with Gasteiger partial charge in [-0.05, 0) is 47.4 Å². The molecule has 166 valence electrons. The van der Waals surface area contributed by atoms with Gasteiger partial charge in [-0.15, -0.1) is 11.3 Å². The lowest BCUT2D eigenvalue weighted by Gasteiger charge is -2.21. The maximum atomic E-state index is 13.1. The van der Waals surface area contributed by atoms with Crippen LogP contribution in [0.5, 0.6) is 5.75 Å². The van der Waals surface area contributed by atoms with Crippen LogP contribution in [0.1, 0.15) is 36.7 Å². The van der Waals surface area contributed by atoms with Crippen molar-refractivity contribution in [2.75, 3.05) is 7.11 Å². The number of thiazole rings is 1. The van der Waals surface area contributed by atoms with E-state index in [1.165, 1.54) is 18.4 Å². The predicted octanol–water partition coefficient (Wildman–Crippen LogP) is 4.51. The molecule has 4 rings (SSSR count). The van der Waals surface area contributed by atoms with Crippen LogP contribution < -0.4 is 9.46 Å². The third-order valence-electron chi connectivity index (χ3n) is 5.12. The highest BCUT2D eigenvalue weighted by Crippen LogP contribution is 2.31. The highest BCUT2D eigenvalue weighted by Gasteiger charge is 2.26. The van der Waals surface area contributed by atoms with E-state index in [0.29, 0.717) is 0 Å². The normalized spacial score (nSPS) is 12.1. The molecule has 9 heteroatoms. The van der Waals surface area contributed by atoms with E-state index < -0.39 is 15.9 Å². The minimum Gasteiger partial charge on any atom is -0.495 e. The summed E-state index contributed by atoms with van der Waals surface area (Å²) in [6.07, 6.45) is 3.59. The summed E-state index contributed by atoms with van der Waals surface area (Å²) in [7, 11) is -2.76. The molecule has 2 aromatic heterocycles. The fraction of sp³-hybridized carbons (Fsp3) is 0.217. The van der Waals surface area contributed by atoms with Gasteiger partial charge in [0.05, 0.1) is 12.6 Å². The molecular weight excluding hydrogens is 446 g/mol. The molecule has 0 spiro atoms. The lowest BCUT2D eigenvalue weighted by atomic mass is 9.87. The average molecular weight is 470 g/mol. The van der Waals surface area contributed by atoms with Crippen molar-refractivity contribution < 1.29 is 17.9 Å². The minimum atomic E-state index is -4.15. The monoisotopic (exact) mass is 469 g/mol. The molecule has 0 saturated carbocycles. The second-order valence-corrected chi connectivity index (χ2v) is 10.8. The predicted molar refractivity (Wildman–Crippen MR) is 125 cm³/mol. The van der Waals surface area contributed by atoms with Gasteiger partial charge in [0.2, 0.25) is 0 Å². The molecule has 0 fully saturated rings. The summed E-state index contributed by atoms with van der Waals surface area (Å²) in [4.78, 5) is 17.1. The van der Waals surface area contributed by atoms with Crippen molar-refractivity contribution in [1.82, 2.24) is 14.3 Å². The topological polar surface area (TPSA) is 90.3 Å². The zero-order valence-electron chi connectivity index (χ0n) is 18.1. The van der Waals surface area contributed by atoms with E-state index in [-0.39, 0.29) is 21.6 Å². The van der Waals surface area contributed by atoms with E-state index in [1.807, 2.05) is 49.0 Å². The zero-order valence-corrected chi connectivity index (χ0v) is 19.8. The van der Waals surface area contributed by atoms with Crippen LogP contribution in [-0.4, -0.2) is 31.0 Å². The fourth-order valence-electron chi connectivity index (χ4n) is 3.37. The Morgan fingerprint density at radius 3 is 2.56 bits per heavy atom. The van der Waals surface area contributed by atoms with Crippen molar-refractivity contribution in [2.24, 2.45) is 0 Å². The molecule has 2 aromatic carbocycles. The molecule has 0 radical (unpaired) electrons. The van der Waals surface area contributed by atoms with Gasteiger partial charge in [0, 0.05) is 28.7 Å². The molecule has 1 N–H and O–H groups in total. The molecular formula is C23H23N3O4S2. The number of nitrogens with one attached hydrogen (secondary N) is 1. The maximum Gasteiger partial charge on any atom is 0.268 e. The maximum absolute atomic E-state index is 13.1. The first-order valence-corrected chi connectivity index (χ1v) is 12.2. The third-order valence-corrected chi connectivity index (χ3v) is 7.25. The first-order valence-electron chi connectivity index (χ1n) is 9.87. The second kappa shape index (κ2) is 8.07. The van der Waals surface area contributed by atoms with Gasteiger partial charge in [-0.3, -0.25) is 9.36 Å². The number of fused-ring (bicyclic) bond motifs is 1. The SMILES string of the molecule is COc1ccc(C(C)(C)C)cc1S(=O)(=O)NC(=O)c1ccc2c(ccn2-c2nccs2)c1. The first kappa shape index (κ1) is 22.0. The van der Waals surface area contributed by atoms with Crippen LogP contribution in [0, 0.1) is 0 Å². The van der Waals surface area contributed by atoms with Gasteiger partial charge < -0.3 is 4.74 Å². The van der Waals surface area contributed by atoms with Gasteiger partial charge in [-0.2, -0.15) is 0 Å². The number of carbonyl (C=O) groups excluding carboxylic acids is 1. The largest absolute Gasteiger partial charge is 0.495 e. The number of benzene rings is 2. The molecule has 7 nitrogen and oxygen atoms in total. The van der Waals surface area contributed by atoms with Gasteiger partial charge in [-0.1, -0.05) is 26.8 Å². The minimum absolute atomic E-state index is 0.0724. The summed E-state index contributed by atoms with van der Waals surface area (Å²) in [6, 6.07) is 11.9. The second-order valence-electron chi connectivity index (χ2n) is 8.32. The summed E-state index contributed by atoms with van der Waals surface area (Å²) < 4.78 is 35.5. The number of aromatic nitrogens is 2. The summed E-state index contributed by atoms with van der Waals surface area (Å²) in [5.41, 5.74) is 1.66. The molecule has 4 aromatic rings. The summed E-state index contributed by atoms with van der Waals surface area (Å²) >= 11 is 1.50. The van der Waals surface area contributed by atoms with Crippen LogP contribution >= 0.6 is 11.3 Å². The average Bonchev–Trinajstić information content (AvgIpc) is 3.41. The number of ether oxygens (including phenoxy) is 1. The van der Waals surface area contributed by atoms with Crippen molar-refractivity contribution in [2.45, 2.75) is 31.1 Å². The van der Waals surface area contributed by atoms with Gasteiger partial charge in [0.1, 0.15) is 10.6 Å². The molecule has 0 aliphatic rings. The number of rotatable bonds is 5. The molecule has 0 aliphatic heterocycles. The molecule has 32 heavy (non-hydrogen) atoms. The number of carbonyl (C=O) groups is 1. The summed E-state index contributed by atoms with van der Waals surface area (Å²) in [5.74, 6) is -0.536. The van der Waals surface area contributed by atoms with Crippen LogP contribution in [0.15, 0.2) is 65.1 Å². The van der Waals surface area contributed by atoms with E-state index in [1.54, 1.807) is 36.5 Å². The molecule has 0 unspecified atom stereocenters. The summed E-state index contributed by atoms with van der Waals surface area (Å²) in [6.45, 7) is 5.95. The number of sulfonamides is 1. The highest BCUT2D eigenvalue weighted by atomic mass is 32.2. The van der Waals surface area contributed by atoms with Gasteiger partial charge in [0.15, 0.2) is 5.13 Å². The standard InChI is InChI=1S/C23H23N3O4S2/c1-23(2,3)17-6-8-19(30-4)20(14-17)32(28,29)25-21(27)16-5-7-18-15(13-16)9-11-26(18)22-24-10-12-31-22/h5-14H,1-4H3,(H,25,27). The Morgan fingerprint density at radius 1 is 1.12 bits per heavy atom. The van der Waals surface area contributed by atoms with Crippen LogP contribution in [-0.2, 0) is 15.4 Å². The Hall–Kier alpha value is -3.17. The summed E-state index contributed by atoms with van der Waals surface area (Å²) in [5, 5.41) is 3.50. The van der Waals surface area contributed by atoms with Gasteiger partial charge in [-0.25, -0.2) is 18.1 Å². The quantitative estimate of drug-likeness (QED) is 0.464. The number of hydrogen-bond donors (Lipinski definition) is 1. The van der Waals surface area contributed by atoms with E-state index in [0.717, 1.165) is 21.6 Å². The molecule has 2 heterocycles. The van der Waals surface area contributed by atoms with E-state index in [9.17, 15) is 13.2 Å². The van der Waals surface area contributed by atoms with Crippen LogP contribution in [0.4, 0.5) is 0 Å². The Kier molecular flexibility index (Phi) is 5.56. The van der Waals surface area contributed by atoms with E-state index in [2.05, 4.69) is 9.71 Å². The fourth-order valence-corrected chi connectivity index (χ4v) is 5.18. The van der Waals surface area contributed by atoms with E-state index in [4.69, 9.17) is 4.74 Å². The molecule has 0 atom stereocenters. The van der Waals surface area contributed by atoms with Crippen LogP contribution in [0.2, 0.25) is 0 Å². The van der Waals surface area contributed by atoms with Crippen LogP contribution in [0.25, 0.3) is 16.0 Å². The third kappa shape index (κ3) is 4.13. The van der Waals surface area contributed by atoms with Crippen molar-refractivity contribution in [3.05, 3.63) is 71.4 Å². The van der Waals surface area contributed by atoms with Crippen LogP contribution in [0.3, 0.4) is 0 Å². The molecule has 0 saturated heterocycles. The van der Waals surface area contributed by atoms with E-state index >= 15 is 0 Å². The van der Waals surface area contributed by atoms with Crippen molar-refractivity contribution in [1.29, 1.82) is 0 Å². The Bertz CT molecular complexity index is 1400. The number of methoxy groups -OCH3 is 1. The Labute approximate surface area is 190 Å². The molecule has 0 aliphatic carbocycles. The number of amides is 1.